The van der Waals surface area contributed by atoms with Crippen LogP contribution < -0.4 is 15.4 Å². The molecule has 0 bridgehead atoms. The standard InChI is InChI=1S/C20H19F3N4O/c1-13(2)24-19-26-17(12-18(27-19)25-15-8-4-3-5-9-15)14-7-6-10-16(11-14)28-20(21,22)23/h3-13H,1-2H3,(H2,24,25,26,27). The Balaban J connectivity index is 1.97. The molecule has 0 fully saturated rings. The Morgan fingerprint density at radius 1 is 0.929 bits per heavy atom. The number of anilines is 3. The predicted octanol–water partition coefficient (Wildman–Crippen LogP) is 5.61. The largest absolute Gasteiger partial charge is 0.573 e. The molecule has 28 heavy (non-hydrogen) atoms. The van der Waals surface area contributed by atoms with Crippen LogP contribution in [0, 0.1) is 0 Å². The molecule has 0 aliphatic carbocycles. The van der Waals surface area contributed by atoms with Crippen molar-refractivity contribution in [3.8, 4) is 17.0 Å². The minimum absolute atomic E-state index is 0.0831. The number of nitrogens with one attached hydrogen (secondary N) is 2. The smallest absolute Gasteiger partial charge is 0.406 e. The zero-order valence-electron chi connectivity index (χ0n) is 15.3. The van der Waals surface area contributed by atoms with E-state index in [9.17, 15) is 13.2 Å². The van der Waals surface area contributed by atoms with Gasteiger partial charge in [-0.1, -0.05) is 30.3 Å². The first-order valence-corrected chi connectivity index (χ1v) is 8.62. The Bertz CT molecular complexity index is 930. The van der Waals surface area contributed by atoms with Gasteiger partial charge in [0.05, 0.1) is 5.69 Å². The third-order valence-electron chi connectivity index (χ3n) is 3.55. The predicted molar refractivity (Wildman–Crippen MR) is 103 cm³/mol. The van der Waals surface area contributed by atoms with Crippen LogP contribution in [0.5, 0.6) is 5.75 Å². The molecular weight excluding hydrogens is 369 g/mol. The number of nitrogens with zero attached hydrogens (tertiary/aromatic N) is 2. The number of hydrogen-bond donors (Lipinski definition) is 2. The Labute approximate surface area is 160 Å². The van der Waals surface area contributed by atoms with Crippen LogP contribution in [0.15, 0.2) is 60.7 Å². The molecule has 0 amide bonds. The quantitative estimate of drug-likeness (QED) is 0.575. The lowest BCUT2D eigenvalue weighted by molar-refractivity contribution is -0.274. The highest BCUT2D eigenvalue weighted by Crippen LogP contribution is 2.29. The Hall–Kier alpha value is -3.29. The summed E-state index contributed by atoms with van der Waals surface area (Å²) >= 11 is 0. The minimum atomic E-state index is -4.76. The van der Waals surface area contributed by atoms with Crippen molar-refractivity contribution in [2.24, 2.45) is 0 Å². The van der Waals surface area contributed by atoms with Gasteiger partial charge in [-0.15, -0.1) is 13.2 Å². The number of halogens is 3. The van der Waals surface area contributed by atoms with E-state index in [-0.39, 0.29) is 11.8 Å². The summed E-state index contributed by atoms with van der Waals surface area (Å²) in [4.78, 5) is 8.86. The molecule has 0 aliphatic rings. The fourth-order valence-electron chi connectivity index (χ4n) is 2.50. The van der Waals surface area contributed by atoms with Crippen molar-refractivity contribution in [1.29, 1.82) is 0 Å². The lowest BCUT2D eigenvalue weighted by Gasteiger charge is -2.14. The summed E-state index contributed by atoms with van der Waals surface area (Å²) in [6, 6.07) is 16.9. The van der Waals surface area contributed by atoms with Crippen LogP contribution >= 0.6 is 0 Å². The average molecular weight is 388 g/mol. The Morgan fingerprint density at radius 3 is 2.36 bits per heavy atom. The highest BCUT2D eigenvalue weighted by Gasteiger charge is 2.31. The van der Waals surface area contributed by atoms with E-state index in [2.05, 4.69) is 25.3 Å². The molecule has 0 saturated carbocycles. The monoisotopic (exact) mass is 388 g/mol. The van der Waals surface area contributed by atoms with Crippen LogP contribution in [0.25, 0.3) is 11.3 Å². The van der Waals surface area contributed by atoms with Crippen molar-refractivity contribution in [2.75, 3.05) is 10.6 Å². The minimum Gasteiger partial charge on any atom is -0.406 e. The van der Waals surface area contributed by atoms with Crippen molar-refractivity contribution >= 4 is 17.5 Å². The maximum absolute atomic E-state index is 12.5. The van der Waals surface area contributed by atoms with Gasteiger partial charge in [0.25, 0.3) is 0 Å². The zero-order valence-corrected chi connectivity index (χ0v) is 15.3. The second-order valence-corrected chi connectivity index (χ2v) is 6.33. The molecule has 8 heteroatoms. The van der Waals surface area contributed by atoms with E-state index in [1.54, 1.807) is 12.1 Å². The molecule has 0 atom stereocenters. The van der Waals surface area contributed by atoms with Gasteiger partial charge in [0.2, 0.25) is 5.95 Å². The molecule has 3 rings (SSSR count). The van der Waals surface area contributed by atoms with E-state index in [4.69, 9.17) is 0 Å². The van der Waals surface area contributed by atoms with Crippen LogP contribution in [-0.4, -0.2) is 22.4 Å². The van der Waals surface area contributed by atoms with Crippen LogP contribution in [0.4, 0.5) is 30.6 Å². The molecule has 1 aromatic heterocycles. The van der Waals surface area contributed by atoms with E-state index in [0.717, 1.165) is 5.69 Å². The normalized spacial score (nSPS) is 11.4. The van der Waals surface area contributed by atoms with Crippen molar-refractivity contribution in [2.45, 2.75) is 26.3 Å². The first-order chi connectivity index (χ1) is 13.3. The summed E-state index contributed by atoms with van der Waals surface area (Å²) < 4.78 is 41.6. The lowest BCUT2D eigenvalue weighted by atomic mass is 10.1. The van der Waals surface area contributed by atoms with Gasteiger partial charge < -0.3 is 15.4 Å². The summed E-state index contributed by atoms with van der Waals surface area (Å²) in [6.07, 6.45) is -4.76. The second-order valence-electron chi connectivity index (χ2n) is 6.33. The first-order valence-electron chi connectivity index (χ1n) is 8.62. The highest BCUT2D eigenvalue weighted by atomic mass is 19.4. The van der Waals surface area contributed by atoms with Crippen molar-refractivity contribution < 1.29 is 17.9 Å². The van der Waals surface area contributed by atoms with E-state index in [1.807, 2.05) is 44.2 Å². The molecule has 0 saturated heterocycles. The topological polar surface area (TPSA) is 59.1 Å². The summed E-state index contributed by atoms with van der Waals surface area (Å²) in [5.41, 5.74) is 1.77. The number of aromatic nitrogens is 2. The summed E-state index contributed by atoms with van der Waals surface area (Å²) in [5.74, 6) is 0.578. The first kappa shape index (κ1) is 19.5. The van der Waals surface area contributed by atoms with E-state index >= 15 is 0 Å². The molecule has 146 valence electrons. The van der Waals surface area contributed by atoms with Crippen molar-refractivity contribution in [3.05, 3.63) is 60.7 Å². The molecule has 5 nitrogen and oxygen atoms in total. The third kappa shape index (κ3) is 5.60. The molecule has 0 aliphatic heterocycles. The summed E-state index contributed by atoms with van der Waals surface area (Å²) in [6.45, 7) is 3.89. The molecule has 1 heterocycles. The molecule has 0 radical (unpaired) electrons. The lowest BCUT2D eigenvalue weighted by Crippen LogP contribution is -2.17. The highest BCUT2D eigenvalue weighted by molar-refractivity contribution is 5.68. The fraction of sp³-hybridized carbons (Fsp3) is 0.200. The molecule has 2 aromatic carbocycles. The van der Waals surface area contributed by atoms with Crippen molar-refractivity contribution in [3.63, 3.8) is 0 Å². The Kier molecular flexibility index (Phi) is 5.67. The molecule has 2 N–H and O–H groups in total. The summed E-state index contributed by atoms with van der Waals surface area (Å²) in [7, 11) is 0. The number of para-hydroxylation sites is 1. The SMILES string of the molecule is CC(C)Nc1nc(Nc2ccccc2)cc(-c2cccc(OC(F)(F)F)c2)n1. The number of rotatable bonds is 6. The van der Waals surface area contributed by atoms with Gasteiger partial charge >= 0.3 is 6.36 Å². The molecule has 0 unspecified atom stereocenters. The van der Waals surface area contributed by atoms with Gasteiger partial charge in [-0.25, -0.2) is 4.98 Å². The third-order valence-corrected chi connectivity index (χ3v) is 3.55. The number of hydrogen-bond acceptors (Lipinski definition) is 5. The average Bonchev–Trinajstić information content (AvgIpc) is 2.60. The van der Waals surface area contributed by atoms with E-state index in [1.165, 1.54) is 18.2 Å². The van der Waals surface area contributed by atoms with Crippen molar-refractivity contribution in [1.82, 2.24) is 9.97 Å². The zero-order chi connectivity index (χ0) is 20.1. The second kappa shape index (κ2) is 8.16. The van der Waals surface area contributed by atoms with Gasteiger partial charge in [-0.05, 0) is 38.1 Å². The van der Waals surface area contributed by atoms with Crippen LogP contribution in [-0.2, 0) is 0 Å². The van der Waals surface area contributed by atoms with Gasteiger partial charge in [0.1, 0.15) is 11.6 Å². The number of benzene rings is 2. The van der Waals surface area contributed by atoms with Gasteiger partial charge in [-0.2, -0.15) is 4.98 Å². The molecule has 0 spiro atoms. The Morgan fingerprint density at radius 2 is 1.68 bits per heavy atom. The molecule has 3 aromatic rings. The van der Waals surface area contributed by atoms with Gasteiger partial charge in [-0.3, -0.25) is 0 Å². The van der Waals surface area contributed by atoms with Crippen LogP contribution in [0.1, 0.15) is 13.8 Å². The molecular formula is C20H19F3N4O. The maximum atomic E-state index is 12.5. The maximum Gasteiger partial charge on any atom is 0.573 e. The summed E-state index contributed by atoms with van der Waals surface area (Å²) in [5, 5.41) is 6.30. The van der Waals surface area contributed by atoms with E-state index < -0.39 is 6.36 Å². The number of alkyl halides is 3. The van der Waals surface area contributed by atoms with Gasteiger partial charge in [0, 0.05) is 23.4 Å². The van der Waals surface area contributed by atoms with E-state index in [0.29, 0.717) is 23.0 Å². The fourth-order valence-corrected chi connectivity index (χ4v) is 2.50. The van der Waals surface area contributed by atoms with Crippen LogP contribution in [0.2, 0.25) is 0 Å². The van der Waals surface area contributed by atoms with Gasteiger partial charge in [0.15, 0.2) is 0 Å². The van der Waals surface area contributed by atoms with Crippen LogP contribution in [0.3, 0.4) is 0 Å². The number of ether oxygens (including phenoxy) is 1.